The number of hydrogen-bond donors (Lipinski definition) is 0. The maximum atomic E-state index is 12.7. The number of aliphatic imine (C=N–C) groups is 1. The third-order valence-electron chi connectivity index (χ3n) is 3.30. The Morgan fingerprint density at radius 3 is 2.54 bits per heavy atom. The molecule has 1 aliphatic heterocycles. The molecule has 1 saturated heterocycles. The van der Waals surface area contributed by atoms with Gasteiger partial charge < -0.3 is 4.74 Å². The van der Waals surface area contributed by atoms with E-state index >= 15 is 0 Å². The van der Waals surface area contributed by atoms with Crippen LogP contribution in [0.3, 0.4) is 0 Å². The summed E-state index contributed by atoms with van der Waals surface area (Å²) in [6, 6.07) is 4.20. The molecule has 1 aromatic rings. The van der Waals surface area contributed by atoms with Crippen molar-refractivity contribution in [2.75, 3.05) is 11.5 Å². The molecule has 130 valence electrons. The molecule has 0 N–H and O–H groups in total. The standard InChI is InChI=1S/C15H17ClN2O4S2/c1-9(2)22-13(19)15(3,17-14-23-6-7-24-14)10-4-5-12(18(20)21)11(16)8-10/h4-5,8-9H,6-7H2,1-3H3/t15-/m0/s1. The average Bonchev–Trinajstić information content (AvgIpc) is 2.98. The van der Waals surface area contributed by atoms with Gasteiger partial charge in [0.05, 0.1) is 11.0 Å². The summed E-state index contributed by atoms with van der Waals surface area (Å²) < 4.78 is 6.15. The first-order chi connectivity index (χ1) is 11.2. The first kappa shape index (κ1) is 19.1. The topological polar surface area (TPSA) is 81.8 Å². The number of hydrogen-bond acceptors (Lipinski definition) is 7. The van der Waals surface area contributed by atoms with Gasteiger partial charge in [-0.1, -0.05) is 35.1 Å². The van der Waals surface area contributed by atoms with Gasteiger partial charge in [0.15, 0.2) is 5.54 Å². The van der Waals surface area contributed by atoms with Crippen molar-refractivity contribution in [2.45, 2.75) is 32.4 Å². The fourth-order valence-corrected chi connectivity index (χ4v) is 4.65. The summed E-state index contributed by atoms with van der Waals surface area (Å²) in [6.07, 6.45) is -0.297. The number of nitro groups is 1. The third kappa shape index (κ3) is 4.23. The largest absolute Gasteiger partial charge is 0.461 e. The molecule has 1 aromatic carbocycles. The number of carbonyl (C=O) groups excluding carboxylic acids is 1. The van der Waals surface area contributed by atoms with Crippen LogP contribution in [0, 0.1) is 10.1 Å². The molecule has 0 unspecified atom stereocenters. The van der Waals surface area contributed by atoms with Crippen LogP contribution in [0.25, 0.3) is 0 Å². The molecule has 6 nitrogen and oxygen atoms in total. The van der Waals surface area contributed by atoms with Crippen molar-refractivity contribution in [2.24, 2.45) is 4.99 Å². The van der Waals surface area contributed by atoms with Gasteiger partial charge in [-0.05, 0) is 38.5 Å². The minimum absolute atomic E-state index is 0.0343. The van der Waals surface area contributed by atoms with E-state index in [2.05, 4.69) is 4.99 Å². The predicted molar refractivity (Wildman–Crippen MR) is 99.0 cm³/mol. The SMILES string of the molecule is CC(C)OC(=O)[C@@](C)(N=C1SCCS1)c1ccc([N+](=O)[O-])c(Cl)c1. The van der Waals surface area contributed by atoms with E-state index in [1.807, 2.05) is 0 Å². The Kier molecular flexibility index (Phi) is 6.17. The van der Waals surface area contributed by atoms with Gasteiger partial charge in [0.1, 0.15) is 9.40 Å². The Morgan fingerprint density at radius 2 is 2.04 bits per heavy atom. The van der Waals surface area contributed by atoms with Crippen LogP contribution in [0.4, 0.5) is 5.69 Å². The fraction of sp³-hybridized carbons (Fsp3) is 0.467. The quantitative estimate of drug-likeness (QED) is 0.426. The Labute approximate surface area is 153 Å². The summed E-state index contributed by atoms with van der Waals surface area (Å²) in [6.45, 7) is 5.16. The monoisotopic (exact) mass is 388 g/mol. The van der Waals surface area contributed by atoms with Gasteiger partial charge in [-0.3, -0.25) is 10.1 Å². The molecule has 0 aromatic heterocycles. The van der Waals surface area contributed by atoms with Crippen LogP contribution in [-0.2, 0) is 15.1 Å². The molecule has 1 fully saturated rings. The number of nitrogens with zero attached hydrogens (tertiary/aromatic N) is 2. The summed E-state index contributed by atoms with van der Waals surface area (Å²) in [5.41, 5.74) is -1.05. The average molecular weight is 389 g/mol. The van der Waals surface area contributed by atoms with E-state index in [1.165, 1.54) is 18.2 Å². The molecule has 24 heavy (non-hydrogen) atoms. The normalized spacial score (nSPS) is 16.8. The highest BCUT2D eigenvalue weighted by Crippen LogP contribution is 2.37. The molecule has 2 rings (SSSR count). The van der Waals surface area contributed by atoms with Gasteiger partial charge in [-0.15, -0.1) is 0 Å². The summed E-state index contributed by atoms with van der Waals surface area (Å²) in [5.74, 6) is 1.35. The van der Waals surface area contributed by atoms with Crippen molar-refractivity contribution in [1.82, 2.24) is 0 Å². The van der Waals surface area contributed by atoms with Crippen molar-refractivity contribution in [3.8, 4) is 0 Å². The highest BCUT2D eigenvalue weighted by Gasteiger charge is 2.39. The minimum atomic E-state index is -1.30. The molecule has 1 atom stereocenters. The van der Waals surface area contributed by atoms with E-state index in [-0.39, 0.29) is 16.8 Å². The van der Waals surface area contributed by atoms with Gasteiger partial charge in [0.2, 0.25) is 0 Å². The molecule has 0 bridgehead atoms. The van der Waals surface area contributed by atoms with Crippen molar-refractivity contribution in [3.05, 3.63) is 38.9 Å². The Balaban J connectivity index is 2.49. The molecule has 9 heteroatoms. The highest BCUT2D eigenvalue weighted by atomic mass is 35.5. The number of ether oxygens (including phenoxy) is 1. The highest BCUT2D eigenvalue weighted by molar-refractivity contribution is 8.41. The van der Waals surface area contributed by atoms with Gasteiger partial charge in [-0.2, -0.15) is 0 Å². The van der Waals surface area contributed by atoms with Crippen LogP contribution in [0.2, 0.25) is 5.02 Å². The maximum absolute atomic E-state index is 12.7. The molecule has 1 aliphatic rings. The van der Waals surface area contributed by atoms with Gasteiger partial charge in [0, 0.05) is 17.6 Å². The zero-order valence-corrected chi connectivity index (χ0v) is 15.8. The Morgan fingerprint density at radius 1 is 1.42 bits per heavy atom. The maximum Gasteiger partial charge on any atom is 0.338 e. The number of nitro benzene ring substituents is 1. The van der Waals surface area contributed by atoms with E-state index in [0.717, 1.165) is 15.9 Å². The molecule has 0 spiro atoms. The zero-order valence-electron chi connectivity index (χ0n) is 13.4. The lowest BCUT2D eigenvalue weighted by molar-refractivity contribution is -0.384. The lowest BCUT2D eigenvalue weighted by Crippen LogP contribution is -2.34. The number of halogens is 1. The van der Waals surface area contributed by atoms with Crippen LogP contribution in [0.1, 0.15) is 26.3 Å². The number of thioether (sulfide) groups is 2. The number of benzene rings is 1. The first-order valence-corrected chi connectivity index (χ1v) is 9.60. The van der Waals surface area contributed by atoms with Crippen LogP contribution in [0.5, 0.6) is 0 Å². The summed E-state index contributed by atoms with van der Waals surface area (Å²) >= 11 is 9.16. The molecule has 0 saturated carbocycles. The molecule has 0 amide bonds. The Bertz CT molecular complexity index is 688. The number of esters is 1. The second-order valence-electron chi connectivity index (χ2n) is 5.52. The third-order valence-corrected chi connectivity index (χ3v) is 6.06. The number of carbonyl (C=O) groups is 1. The van der Waals surface area contributed by atoms with E-state index in [4.69, 9.17) is 16.3 Å². The number of rotatable bonds is 5. The van der Waals surface area contributed by atoms with Crippen LogP contribution in [0.15, 0.2) is 23.2 Å². The van der Waals surface area contributed by atoms with E-state index in [0.29, 0.717) is 5.56 Å². The lowest BCUT2D eigenvalue weighted by atomic mass is 9.92. The second kappa shape index (κ2) is 7.76. The molecular formula is C15H17ClN2O4S2. The van der Waals surface area contributed by atoms with Gasteiger partial charge >= 0.3 is 5.97 Å². The Hall–Kier alpha value is -1.25. The first-order valence-electron chi connectivity index (χ1n) is 7.25. The van der Waals surface area contributed by atoms with Crippen molar-refractivity contribution in [1.29, 1.82) is 0 Å². The predicted octanol–water partition coefficient (Wildman–Crippen LogP) is 4.25. The van der Waals surface area contributed by atoms with Crippen molar-refractivity contribution in [3.63, 3.8) is 0 Å². The molecule has 0 radical (unpaired) electrons. The van der Waals surface area contributed by atoms with Crippen molar-refractivity contribution < 1.29 is 14.5 Å². The summed E-state index contributed by atoms with van der Waals surface area (Å²) in [5, 5.41) is 10.9. The lowest BCUT2D eigenvalue weighted by Gasteiger charge is -2.25. The minimum Gasteiger partial charge on any atom is -0.461 e. The van der Waals surface area contributed by atoms with Gasteiger partial charge in [0.25, 0.3) is 5.69 Å². The fourth-order valence-electron chi connectivity index (χ4n) is 2.06. The van der Waals surface area contributed by atoms with Crippen LogP contribution in [-0.4, -0.2) is 32.9 Å². The zero-order chi connectivity index (χ0) is 17.9. The molecule has 0 aliphatic carbocycles. The van der Waals surface area contributed by atoms with Gasteiger partial charge in [-0.25, -0.2) is 9.79 Å². The van der Waals surface area contributed by atoms with E-state index in [1.54, 1.807) is 44.3 Å². The smallest absolute Gasteiger partial charge is 0.338 e. The van der Waals surface area contributed by atoms with Crippen LogP contribution < -0.4 is 0 Å². The molecule has 1 heterocycles. The van der Waals surface area contributed by atoms with Crippen LogP contribution >= 0.6 is 35.1 Å². The second-order valence-corrected chi connectivity index (χ2v) is 8.36. The van der Waals surface area contributed by atoms with Crippen molar-refractivity contribution >= 4 is 51.2 Å². The van der Waals surface area contributed by atoms with E-state index in [9.17, 15) is 14.9 Å². The summed E-state index contributed by atoms with van der Waals surface area (Å²) in [7, 11) is 0. The van der Waals surface area contributed by atoms with E-state index < -0.39 is 16.4 Å². The summed E-state index contributed by atoms with van der Waals surface area (Å²) in [4.78, 5) is 27.6. The molecular weight excluding hydrogens is 372 g/mol.